The molecule has 7 heteroatoms. The van der Waals surface area contributed by atoms with Crippen molar-refractivity contribution in [3.05, 3.63) is 23.4 Å². The Morgan fingerprint density at radius 3 is 2.67 bits per heavy atom. The van der Waals surface area contributed by atoms with Crippen molar-refractivity contribution in [3.8, 4) is 0 Å². The van der Waals surface area contributed by atoms with Gasteiger partial charge in [0, 0.05) is 12.2 Å². The molecule has 1 aromatic rings. The molecule has 100 valence electrons. The number of hydrogen-bond acceptors (Lipinski definition) is 4. The molecule has 1 aromatic heterocycles. The van der Waals surface area contributed by atoms with Crippen molar-refractivity contribution in [3.63, 3.8) is 0 Å². The number of aromatic nitrogens is 1. The summed E-state index contributed by atoms with van der Waals surface area (Å²) in [6.45, 7) is 1.41. The first-order valence-electron chi connectivity index (χ1n) is 5.38. The highest BCUT2D eigenvalue weighted by atomic mass is 19.3. The van der Waals surface area contributed by atoms with Gasteiger partial charge in [-0.25, -0.2) is 18.6 Å². The maximum atomic E-state index is 12.1. The van der Waals surface area contributed by atoms with Gasteiger partial charge in [0.05, 0.1) is 5.56 Å². The predicted molar refractivity (Wildman–Crippen MR) is 61.1 cm³/mol. The van der Waals surface area contributed by atoms with Crippen molar-refractivity contribution in [2.24, 2.45) is 0 Å². The molecule has 0 saturated carbocycles. The summed E-state index contributed by atoms with van der Waals surface area (Å²) >= 11 is 0. The molecule has 1 rings (SSSR count). The van der Waals surface area contributed by atoms with Crippen molar-refractivity contribution >= 4 is 11.8 Å². The number of aliphatic hydroxyl groups is 1. The minimum absolute atomic E-state index is 0.0240. The molecular formula is C11H14F2N2O3. The zero-order valence-electron chi connectivity index (χ0n) is 9.73. The summed E-state index contributed by atoms with van der Waals surface area (Å²) in [4.78, 5) is 14.9. The smallest absolute Gasteiger partial charge is 0.335 e. The molecule has 1 unspecified atom stereocenters. The van der Waals surface area contributed by atoms with Crippen molar-refractivity contribution in [2.45, 2.75) is 25.9 Å². The van der Waals surface area contributed by atoms with Crippen LogP contribution in [0.15, 0.2) is 12.1 Å². The number of carbonyl (C=O) groups is 1. The fraction of sp³-hybridized carbons (Fsp3) is 0.455. The van der Waals surface area contributed by atoms with E-state index in [9.17, 15) is 13.6 Å². The lowest BCUT2D eigenvalue weighted by atomic mass is 10.2. The molecule has 1 heterocycles. The monoisotopic (exact) mass is 260 g/mol. The number of aliphatic hydroxyl groups excluding tert-OH is 1. The Balaban J connectivity index is 2.81. The number of alkyl halides is 2. The van der Waals surface area contributed by atoms with E-state index in [1.165, 1.54) is 12.1 Å². The molecule has 0 aliphatic heterocycles. The first-order valence-corrected chi connectivity index (χ1v) is 5.38. The van der Waals surface area contributed by atoms with Crippen molar-refractivity contribution in [1.82, 2.24) is 4.98 Å². The van der Waals surface area contributed by atoms with Gasteiger partial charge < -0.3 is 15.5 Å². The number of halogens is 2. The van der Waals surface area contributed by atoms with Gasteiger partial charge in [-0.2, -0.15) is 0 Å². The third-order valence-electron chi connectivity index (χ3n) is 2.27. The van der Waals surface area contributed by atoms with Crippen LogP contribution >= 0.6 is 0 Å². The Bertz CT molecular complexity index is 427. The summed E-state index contributed by atoms with van der Waals surface area (Å²) in [7, 11) is 0. The standard InChI is InChI=1S/C11H14F2N2O3/c1-2-7-3-6(11(17)18)4-9(15-7)14-5-8(16)10(12)13/h3-4,8,10,16H,2,5H2,1H3,(H,14,15)(H,17,18). The lowest BCUT2D eigenvalue weighted by Crippen LogP contribution is -2.27. The van der Waals surface area contributed by atoms with E-state index < -0.39 is 25.0 Å². The number of carboxylic acids is 1. The molecule has 0 bridgehead atoms. The fourth-order valence-electron chi connectivity index (χ4n) is 1.28. The van der Waals surface area contributed by atoms with Gasteiger partial charge in [-0.1, -0.05) is 6.92 Å². The Morgan fingerprint density at radius 1 is 1.50 bits per heavy atom. The van der Waals surface area contributed by atoms with Crippen LogP contribution in [0.4, 0.5) is 14.6 Å². The van der Waals surface area contributed by atoms with E-state index in [1.54, 1.807) is 6.92 Å². The lowest BCUT2D eigenvalue weighted by molar-refractivity contribution is 0.00380. The third-order valence-corrected chi connectivity index (χ3v) is 2.27. The maximum absolute atomic E-state index is 12.1. The van der Waals surface area contributed by atoms with E-state index in [0.29, 0.717) is 12.1 Å². The van der Waals surface area contributed by atoms with Crippen LogP contribution in [0.2, 0.25) is 0 Å². The Morgan fingerprint density at radius 2 is 2.17 bits per heavy atom. The quantitative estimate of drug-likeness (QED) is 0.719. The maximum Gasteiger partial charge on any atom is 0.335 e. The minimum Gasteiger partial charge on any atom is -0.478 e. The van der Waals surface area contributed by atoms with Gasteiger partial charge in [0.15, 0.2) is 0 Å². The lowest BCUT2D eigenvalue weighted by Gasteiger charge is -2.12. The first-order chi connectivity index (χ1) is 8.43. The molecule has 18 heavy (non-hydrogen) atoms. The van der Waals surface area contributed by atoms with Gasteiger partial charge in [0.25, 0.3) is 6.43 Å². The fourth-order valence-corrected chi connectivity index (χ4v) is 1.28. The molecule has 0 aliphatic carbocycles. The van der Waals surface area contributed by atoms with Gasteiger partial charge in [0.2, 0.25) is 0 Å². The molecule has 0 aromatic carbocycles. The number of aromatic carboxylic acids is 1. The zero-order chi connectivity index (χ0) is 13.7. The topological polar surface area (TPSA) is 82.5 Å². The highest BCUT2D eigenvalue weighted by Gasteiger charge is 2.16. The van der Waals surface area contributed by atoms with Crippen LogP contribution in [-0.2, 0) is 6.42 Å². The normalized spacial score (nSPS) is 12.5. The summed E-state index contributed by atoms with van der Waals surface area (Å²) in [6.07, 6.45) is -4.15. The number of nitrogens with one attached hydrogen (secondary N) is 1. The van der Waals surface area contributed by atoms with Gasteiger partial charge >= 0.3 is 5.97 Å². The second-order valence-corrected chi connectivity index (χ2v) is 3.67. The average Bonchev–Trinajstić information content (AvgIpc) is 2.35. The van der Waals surface area contributed by atoms with Crippen molar-refractivity contribution in [1.29, 1.82) is 0 Å². The minimum atomic E-state index is -2.86. The van der Waals surface area contributed by atoms with Crippen LogP contribution in [0, 0.1) is 0 Å². The third kappa shape index (κ3) is 3.92. The second-order valence-electron chi connectivity index (χ2n) is 3.67. The number of nitrogens with zero attached hydrogens (tertiary/aromatic N) is 1. The number of aryl methyl sites for hydroxylation is 1. The Labute approximate surface area is 102 Å². The van der Waals surface area contributed by atoms with Crippen molar-refractivity contribution < 1.29 is 23.8 Å². The molecule has 3 N–H and O–H groups in total. The summed E-state index contributed by atoms with van der Waals surface area (Å²) in [5.41, 5.74) is 0.555. The number of pyridine rings is 1. The van der Waals surface area contributed by atoms with Crippen LogP contribution in [0.25, 0.3) is 0 Å². The molecule has 5 nitrogen and oxygen atoms in total. The van der Waals surface area contributed by atoms with Crippen LogP contribution in [0.1, 0.15) is 23.0 Å². The van der Waals surface area contributed by atoms with Crippen molar-refractivity contribution in [2.75, 3.05) is 11.9 Å². The molecular weight excluding hydrogens is 246 g/mol. The average molecular weight is 260 g/mol. The Kier molecular flexibility index (Phi) is 4.96. The van der Waals surface area contributed by atoms with Gasteiger partial charge in [-0.05, 0) is 18.6 Å². The SMILES string of the molecule is CCc1cc(C(=O)O)cc(NCC(O)C(F)F)n1. The van der Waals surface area contributed by atoms with Gasteiger partial charge in [-0.3, -0.25) is 0 Å². The predicted octanol–water partition coefficient (Wildman–Crippen LogP) is 1.38. The van der Waals surface area contributed by atoms with E-state index in [-0.39, 0.29) is 11.4 Å². The van der Waals surface area contributed by atoms with E-state index in [2.05, 4.69) is 10.3 Å². The highest BCUT2D eigenvalue weighted by molar-refractivity contribution is 5.88. The highest BCUT2D eigenvalue weighted by Crippen LogP contribution is 2.12. The molecule has 0 spiro atoms. The van der Waals surface area contributed by atoms with Gasteiger partial charge in [-0.15, -0.1) is 0 Å². The van der Waals surface area contributed by atoms with E-state index in [0.717, 1.165) is 0 Å². The van der Waals surface area contributed by atoms with Crippen LogP contribution in [0.3, 0.4) is 0 Å². The van der Waals surface area contributed by atoms with Crippen LogP contribution in [0.5, 0.6) is 0 Å². The summed E-state index contributed by atoms with van der Waals surface area (Å²) < 4.78 is 24.2. The molecule has 0 aliphatic rings. The number of hydrogen-bond donors (Lipinski definition) is 3. The molecule has 1 atom stereocenters. The Hall–Kier alpha value is -1.76. The summed E-state index contributed by atoms with van der Waals surface area (Å²) in [6, 6.07) is 2.65. The first kappa shape index (κ1) is 14.3. The zero-order valence-corrected chi connectivity index (χ0v) is 9.73. The number of rotatable bonds is 6. The van der Waals surface area contributed by atoms with Gasteiger partial charge in [0.1, 0.15) is 11.9 Å². The van der Waals surface area contributed by atoms with Crippen LogP contribution in [-0.4, -0.2) is 40.2 Å². The largest absolute Gasteiger partial charge is 0.478 e. The molecule has 0 radical (unpaired) electrons. The summed E-state index contributed by atoms with van der Waals surface area (Å²) in [5.74, 6) is -0.962. The second kappa shape index (κ2) is 6.25. The summed E-state index contributed by atoms with van der Waals surface area (Å²) in [5, 5.41) is 20.3. The number of carboxylic acid groups (broad SMARTS) is 1. The van der Waals surface area contributed by atoms with E-state index in [1.807, 2.05) is 0 Å². The molecule has 0 saturated heterocycles. The molecule has 0 fully saturated rings. The van der Waals surface area contributed by atoms with Crippen LogP contribution < -0.4 is 5.32 Å². The van der Waals surface area contributed by atoms with E-state index >= 15 is 0 Å². The number of anilines is 1. The molecule has 0 amide bonds. The van der Waals surface area contributed by atoms with E-state index in [4.69, 9.17) is 10.2 Å².